The van der Waals surface area contributed by atoms with Crippen LogP contribution in [0.1, 0.15) is 20.8 Å². The maximum absolute atomic E-state index is 11.2. The predicted molar refractivity (Wildman–Crippen MR) is 48.0 cm³/mol. The van der Waals surface area contributed by atoms with Crippen molar-refractivity contribution >= 4 is 5.97 Å². The average molecular weight is 188 g/mol. The summed E-state index contributed by atoms with van der Waals surface area (Å²) < 4.78 is 14.7. The predicted octanol–water partition coefficient (Wildman–Crippen LogP) is 1.46. The minimum Gasteiger partial charge on any atom is -0.468 e. The maximum atomic E-state index is 11.2. The van der Waals surface area contributed by atoms with Gasteiger partial charge >= 0.3 is 5.97 Å². The Morgan fingerprint density at radius 3 is 2.08 bits per heavy atom. The molecule has 0 saturated carbocycles. The van der Waals surface area contributed by atoms with E-state index in [9.17, 15) is 4.79 Å². The van der Waals surface area contributed by atoms with Crippen molar-refractivity contribution in [3.63, 3.8) is 0 Å². The highest BCUT2D eigenvalue weighted by atomic mass is 16.7. The van der Waals surface area contributed by atoms with Crippen LogP contribution in [-0.4, -0.2) is 26.3 Å². The minimum atomic E-state index is -0.409. The molecule has 0 atom stereocenters. The molecule has 0 radical (unpaired) electrons. The van der Waals surface area contributed by atoms with Crippen LogP contribution in [0.4, 0.5) is 0 Å². The topological polar surface area (TPSA) is 44.8 Å². The average Bonchev–Trinajstić information content (AvgIpc) is 2.13. The summed E-state index contributed by atoms with van der Waals surface area (Å²) in [7, 11) is 1.45. The first-order valence-corrected chi connectivity index (χ1v) is 4.22. The van der Waals surface area contributed by atoms with Crippen molar-refractivity contribution in [2.75, 3.05) is 20.3 Å². The van der Waals surface area contributed by atoms with Gasteiger partial charge in [0.2, 0.25) is 0 Å². The molecule has 0 aromatic carbocycles. The van der Waals surface area contributed by atoms with E-state index < -0.39 is 5.97 Å². The van der Waals surface area contributed by atoms with Crippen molar-refractivity contribution in [2.45, 2.75) is 20.8 Å². The fourth-order valence-electron chi connectivity index (χ4n) is 0.774. The lowest BCUT2D eigenvalue weighted by molar-refractivity contribution is -0.139. The molecular weight excluding hydrogens is 172 g/mol. The lowest BCUT2D eigenvalue weighted by Gasteiger charge is -2.09. The van der Waals surface area contributed by atoms with Crippen LogP contribution < -0.4 is 0 Å². The first-order chi connectivity index (χ1) is 6.17. The zero-order valence-electron chi connectivity index (χ0n) is 8.55. The third-order valence-electron chi connectivity index (χ3n) is 1.35. The molecule has 0 unspecified atom stereocenters. The standard InChI is InChI=1S/C9H16O4/c1-5-12-8(10)7(3)9(11-4)13-6-2/h5-6H2,1-4H3. The largest absolute Gasteiger partial charge is 0.468 e. The first-order valence-electron chi connectivity index (χ1n) is 4.22. The smallest absolute Gasteiger partial charge is 0.340 e. The normalized spacial score (nSPS) is 11.7. The second-order valence-electron chi connectivity index (χ2n) is 2.27. The van der Waals surface area contributed by atoms with Crippen LogP contribution in [0.3, 0.4) is 0 Å². The molecule has 0 spiro atoms. The van der Waals surface area contributed by atoms with Crippen molar-refractivity contribution in [1.29, 1.82) is 0 Å². The third kappa shape index (κ3) is 3.83. The number of esters is 1. The Hall–Kier alpha value is -1.19. The molecule has 0 rings (SSSR count). The number of carbonyl (C=O) groups is 1. The van der Waals surface area contributed by atoms with E-state index in [-0.39, 0.29) is 5.95 Å². The number of carbonyl (C=O) groups excluding carboxylic acids is 1. The highest BCUT2D eigenvalue weighted by Gasteiger charge is 2.13. The molecule has 0 heterocycles. The molecule has 13 heavy (non-hydrogen) atoms. The van der Waals surface area contributed by atoms with Crippen LogP contribution in [0.25, 0.3) is 0 Å². The summed E-state index contributed by atoms with van der Waals surface area (Å²) in [5, 5.41) is 0. The second-order valence-corrected chi connectivity index (χ2v) is 2.27. The van der Waals surface area contributed by atoms with Crippen LogP contribution in [0.5, 0.6) is 0 Å². The van der Waals surface area contributed by atoms with Gasteiger partial charge in [0.05, 0.1) is 20.3 Å². The third-order valence-corrected chi connectivity index (χ3v) is 1.35. The Morgan fingerprint density at radius 1 is 1.15 bits per heavy atom. The highest BCUT2D eigenvalue weighted by Crippen LogP contribution is 2.08. The molecule has 0 amide bonds. The number of rotatable bonds is 5. The fourth-order valence-corrected chi connectivity index (χ4v) is 0.774. The van der Waals surface area contributed by atoms with E-state index in [4.69, 9.17) is 14.2 Å². The molecule has 4 heteroatoms. The Morgan fingerprint density at radius 2 is 1.69 bits per heavy atom. The molecule has 0 saturated heterocycles. The van der Waals surface area contributed by atoms with E-state index in [0.717, 1.165) is 0 Å². The van der Waals surface area contributed by atoms with Gasteiger partial charge < -0.3 is 14.2 Å². The number of hydrogen-bond acceptors (Lipinski definition) is 4. The van der Waals surface area contributed by atoms with E-state index in [0.29, 0.717) is 18.8 Å². The fraction of sp³-hybridized carbons (Fsp3) is 0.667. The molecule has 0 bridgehead atoms. The molecule has 0 aliphatic rings. The van der Waals surface area contributed by atoms with Crippen LogP contribution in [0.2, 0.25) is 0 Å². The van der Waals surface area contributed by atoms with E-state index in [1.165, 1.54) is 7.11 Å². The summed E-state index contributed by atoms with van der Waals surface area (Å²) in [5.74, 6) is -0.186. The monoisotopic (exact) mass is 188 g/mol. The Bertz CT molecular complexity index is 196. The van der Waals surface area contributed by atoms with Gasteiger partial charge in [0, 0.05) is 0 Å². The van der Waals surface area contributed by atoms with Crippen LogP contribution in [-0.2, 0) is 19.0 Å². The molecule has 0 aliphatic heterocycles. The lowest BCUT2D eigenvalue weighted by atomic mass is 10.3. The van der Waals surface area contributed by atoms with Gasteiger partial charge in [0.25, 0.3) is 5.95 Å². The highest BCUT2D eigenvalue weighted by molar-refractivity contribution is 5.87. The van der Waals surface area contributed by atoms with Crippen LogP contribution in [0.15, 0.2) is 11.5 Å². The van der Waals surface area contributed by atoms with Gasteiger partial charge in [-0.2, -0.15) is 0 Å². The van der Waals surface area contributed by atoms with Crippen molar-refractivity contribution < 1.29 is 19.0 Å². The zero-order chi connectivity index (χ0) is 10.3. The van der Waals surface area contributed by atoms with E-state index in [1.807, 2.05) is 6.92 Å². The van der Waals surface area contributed by atoms with Gasteiger partial charge in [-0.25, -0.2) is 4.79 Å². The van der Waals surface area contributed by atoms with Crippen LogP contribution in [0, 0.1) is 0 Å². The Labute approximate surface area is 78.5 Å². The quantitative estimate of drug-likeness (QED) is 0.372. The summed E-state index contributed by atoms with van der Waals surface area (Å²) in [6.07, 6.45) is 0. The Kier molecular flexibility index (Phi) is 5.76. The van der Waals surface area contributed by atoms with Gasteiger partial charge in [-0.15, -0.1) is 0 Å². The van der Waals surface area contributed by atoms with Crippen molar-refractivity contribution in [2.24, 2.45) is 0 Å². The zero-order valence-corrected chi connectivity index (χ0v) is 8.55. The summed E-state index contributed by atoms with van der Waals surface area (Å²) in [4.78, 5) is 11.2. The molecule has 0 aliphatic carbocycles. The van der Waals surface area contributed by atoms with Gasteiger partial charge in [0.15, 0.2) is 0 Å². The molecule has 4 nitrogen and oxygen atoms in total. The molecule has 0 fully saturated rings. The summed E-state index contributed by atoms with van der Waals surface area (Å²) >= 11 is 0. The SMILES string of the molecule is CCOC(=O)C(C)=C(OC)OCC. The summed E-state index contributed by atoms with van der Waals surface area (Å²) in [6, 6.07) is 0. The van der Waals surface area contributed by atoms with Crippen molar-refractivity contribution in [3.05, 3.63) is 11.5 Å². The lowest BCUT2D eigenvalue weighted by Crippen LogP contribution is -2.10. The van der Waals surface area contributed by atoms with Crippen LogP contribution >= 0.6 is 0 Å². The number of hydrogen-bond donors (Lipinski definition) is 0. The number of methoxy groups -OCH3 is 1. The van der Waals surface area contributed by atoms with Gasteiger partial charge in [-0.05, 0) is 20.8 Å². The minimum absolute atomic E-state index is 0.223. The molecule has 76 valence electrons. The van der Waals surface area contributed by atoms with Crippen molar-refractivity contribution in [3.8, 4) is 0 Å². The van der Waals surface area contributed by atoms with Gasteiger partial charge in [0.1, 0.15) is 5.57 Å². The van der Waals surface area contributed by atoms with Gasteiger partial charge in [-0.1, -0.05) is 0 Å². The molecule has 0 N–H and O–H groups in total. The van der Waals surface area contributed by atoms with Gasteiger partial charge in [-0.3, -0.25) is 0 Å². The summed E-state index contributed by atoms with van der Waals surface area (Å²) in [5.41, 5.74) is 0.353. The Balaban J connectivity index is 4.43. The maximum Gasteiger partial charge on any atom is 0.340 e. The van der Waals surface area contributed by atoms with E-state index in [2.05, 4.69) is 0 Å². The molecular formula is C9H16O4. The van der Waals surface area contributed by atoms with E-state index >= 15 is 0 Å². The van der Waals surface area contributed by atoms with Crippen molar-refractivity contribution in [1.82, 2.24) is 0 Å². The number of ether oxygens (including phenoxy) is 3. The summed E-state index contributed by atoms with van der Waals surface area (Å²) in [6.45, 7) is 5.97. The molecule has 0 aromatic rings. The second kappa shape index (κ2) is 6.34. The molecule has 0 aromatic heterocycles. The first kappa shape index (κ1) is 11.8. The van der Waals surface area contributed by atoms with E-state index in [1.54, 1.807) is 13.8 Å².